The quantitative estimate of drug-likeness (QED) is 0.0626. The minimum absolute atomic E-state index is 1.01. The van der Waals surface area contributed by atoms with E-state index in [2.05, 4.69) is 27.4 Å². The Bertz CT molecular complexity index is 1180. The minimum Gasteiger partial charge on any atom is -0.382 e. The van der Waals surface area contributed by atoms with Crippen LogP contribution in [0.25, 0.3) is 0 Å². The van der Waals surface area contributed by atoms with Gasteiger partial charge in [0.05, 0.1) is 6.61 Å². The zero-order valence-corrected chi connectivity index (χ0v) is 23.0. The van der Waals surface area contributed by atoms with Crippen molar-refractivity contribution in [1.29, 1.82) is 0 Å². The van der Waals surface area contributed by atoms with Gasteiger partial charge in [0.1, 0.15) is 0 Å². The van der Waals surface area contributed by atoms with Crippen molar-refractivity contribution in [3.8, 4) is 0 Å². The number of aliphatic hydroxyl groups excluding tert-OH is 1. The SMILES string of the molecule is NCCO[C@@]1(OP(=O)(O)O)[C@@H](O)[C@](O)(OP(=O)(O)O)[C@@](O)(OP(=O)(O)O)[C@](O)(OP(=O)(O)O)[C@@]1(O)OP(=O)(O)O. The number of hydrogen-bond acceptors (Lipinski definition) is 17. The van der Waals surface area contributed by atoms with Gasteiger partial charge in [-0.15, -0.1) is 0 Å². The first-order valence-corrected chi connectivity index (χ1v) is 16.6. The lowest BCUT2D eigenvalue weighted by molar-refractivity contribution is -0.576. The molecule has 32 heteroatoms. The summed E-state index contributed by atoms with van der Waals surface area (Å²) in [6, 6.07) is 0. The van der Waals surface area contributed by atoms with Crippen LogP contribution in [0.1, 0.15) is 0 Å². The second-order valence-corrected chi connectivity index (χ2v) is 13.1. The molecule has 0 aliphatic heterocycles. The number of nitrogens with two attached hydrogens (primary N) is 1. The molecule has 0 aromatic rings. The average Bonchev–Trinajstić information content (AvgIpc) is 2.63. The maximum atomic E-state index is 11.8. The second kappa shape index (κ2) is 11.3. The van der Waals surface area contributed by atoms with Gasteiger partial charge in [0, 0.05) is 6.54 Å². The summed E-state index contributed by atoms with van der Waals surface area (Å²) in [6.45, 7) is -2.51. The summed E-state index contributed by atoms with van der Waals surface area (Å²) >= 11 is 0. The Hall–Kier alpha value is 0.270. The van der Waals surface area contributed by atoms with Gasteiger partial charge in [-0.1, -0.05) is 0 Å². The van der Waals surface area contributed by atoms with Crippen LogP contribution < -0.4 is 5.73 Å². The molecule has 1 aliphatic carbocycles. The Morgan fingerprint density at radius 1 is 0.550 bits per heavy atom. The standard InChI is InChI=1S/C8H22NO26P5/c9-1-2-30-5(32-37(18,19)20)3(10)4(11,31-36(15,16)17)6(12,33-38(21,22)23)8(14,35-40(27,28)29)7(5,13)34-39(24,25)26/h3,10-14H,1-2,9H2,(H2,15,16,17)(H2,18,19,20)(H2,21,22,23)(H2,24,25,26)(H2,27,28,29)/t3-,4-,5+,6+,7-,8-/m0/s1. The predicted octanol–water partition coefficient (Wildman–Crippen LogP) is -6.67. The highest BCUT2D eigenvalue weighted by atomic mass is 31.2. The van der Waals surface area contributed by atoms with E-state index in [0.717, 1.165) is 0 Å². The molecule has 0 heterocycles. The van der Waals surface area contributed by atoms with E-state index in [-0.39, 0.29) is 0 Å². The Morgan fingerprint density at radius 3 is 1.20 bits per heavy atom. The van der Waals surface area contributed by atoms with Crippen molar-refractivity contribution < 1.29 is 125 Å². The third kappa shape index (κ3) is 7.67. The topological polar surface area (TPSA) is 470 Å². The summed E-state index contributed by atoms with van der Waals surface area (Å²) in [4.78, 5) is 92.5. The van der Waals surface area contributed by atoms with E-state index in [1.165, 1.54) is 0 Å². The molecule has 0 amide bonds. The summed E-state index contributed by atoms with van der Waals surface area (Å²) < 4.78 is 81.0. The van der Waals surface area contributed by atoms with Crippen LogP contribution >= 0.6 is 39.1 Å². The summed E-state index contributed by atoms with van der Waals surface area (Å²) in [7, 11) is -33.7. The maximum absolute atomic E-state index is 11.8. The molecule has 27 nitrogen and oxygen atoms in total. The van der Waals surface area contributed by atoms with Crippen LogP contribution in [-0.4, -0.2) is 123 Å². The summed E-state index contributed by atoms with van der Waals surface area (Å²) in [6.07, 6.45) is -4.44. The summed E-state index contributed by atoms with van der Waals surface area (Å²) in [5, 5.41) is 54.8. The molecule has 0 bridgehead atoms. The number of aliphatic hydroxyl groups is 5. The van der Waals surface area contributed by atoms with Crippen molar-refractivity contribution >= 4 is 39.1 Å². The van der Waals surface area contributed by atoms with Crippen LogP contribution in [0, 0.1) is 0 Å². The molecule has 0 unspecified atom stereocenters. The fraction of sp³-hybridized carbons (Fsp3) is 1.00. The molecule has 40 heavy (non-hydrogen) atoms. The molecule has 17 N–H and O–H groups in total. The van der Waals surface area contributed by atoms with Gasteiger partial charge in [-0.2, -0.15) is 0 Å². The fourth-order valence-corrected chi connectivity index (χ4v) is 6.23. The molecule has 1 aliphatic rings. The third-order valence-electron chi connectivity index (χ3n) is 4.31. The number of rotatable bonds is 13. The molecular weight excluding hydrogens is 681 g/mol. The number of ether oxygens (including phenoxy) is 1. The van der Waals surface area contributed by atoms with Gasteiger partial charge >= 0.3 is 39.1 Å². The molecule has 6 atom stereocenters. The Kier molecular flexibility index (Phi) is 10.8. The first-order valence-electron chi connectivity index (χ1n) is 8.98. The van der Waals surface area contributed by atoms with Gasteiger partial charge in [-0.25, -0.2) is 45.4 Å². The Balaban J connectivity index is 4.69. The van der Waals surface area contributed by atoms with Crippen LogP contribution in [0.2, 0.25) is 0 Å². The van der Waals surface area contributed by atoms with Crippen LogP contribution in [0.3, 0.4) is 0 Å². The van der Waals surface area contributed by atoms with Gasteiger partial charge in [-0.3, -0.25) is 0 Å². The first-order chi connectivity index (χ1) is 17.3. The Labute approximate surface area is 218 Å². The monoisotopic (exact) mass is 703 g/mol. The molecule has 0 spiro atoms. The summed E-state index contributed by atoms with van der Waals surface area (Å²) in [5.74, 6) is -28.0. The number of phosphoric acid groups is 5. The van der Waals surface area contributed by atoms with E-state index >= 15 is 0 Å². The van der Waals surface area contributed by atoms with Gasteiger partial charge in [-0.05, 0) is 0 Å². The predicted molar refractivity (Wildman–Crippen MR) is 109 cm³/mol. The van der Waals surface area contributed by atoms with E-state index in [9.17, 15) is 97.3 Å². The van der Waals surface area contributed by atoms with Crippen molar-refractivity contribution in [3.63, 3.8) is 0 Å². The largest absolute Gasteiger partial charge is 0.472 e. The zero-order valence-electron chi connectivity index (χ0n) is 18.5. The molecule has 0 aromatic carbocycles. The van der Waals surface area contributed by atoms with Crippen LogP contribution in [0.5, 0.6) is 0 Å². The molecule has 0 radical (unpaired) electrons. The average molecular weight is 703 g/mol. The Morgan fingerprint density at radius 2 is 0.875 bits per heavy atom. The maximum Gasteiger partial charge on any atom is 0.472 e. The van der Waals surface area contributed by atoms with Crippen molar-refractivity contribution in [2.24, 2.45) is 5.73 Å². The van der Waals surface area contributed by atoms with Crippen molar-refractivity contribution in [2.75, 3.05) is 13.2 Å². The minimum atomic E-state index is -6.86. The van der Waals surface area contributed by atoms with E-state index < -0.39 is 87.3 Å². The van der Waals surface area contributed by atoms with Crippen LogP contribution in [-0.2, 0) is 50.2 Å². The molecular formula is C8H22NO26P5. The molecule has 0 saturated heterocycles. The lowest BCUT2D eigenvalue weighted by atomic mass is 9.72. The molecule has 1 saturated carbocycles. The van der Waals surface area contributed by atoms with E-state index in [1.54, 1.807) is 0 Å². The van der Waals surface area contributed by atoms with Gasteiger partial charge in [0.15, 0.2) is 6.10 Å². The van der Waals surface area contributed by atoms with Crippen molar-refractivity contribution in [3.05, 3.63) is 0 Å². The van der Waals surface area contributed by atoms with E-state index in [4.69, 9.17) is 5.73 Å². The third-order valence-corrected chi connectivity index (χ3v) is 6.84. The van der Waals surface area contributed by atoms with E-state index in [0.29, 0.717) is 0 Å². The molecule has 0 aromatic heterocycles. The number of hydrogen-bond donors (Lipinski definition) is 16. The lowest BCUT2D eigenvalue weighted by Crippen LogP contribution is -2.93. The van der Waals surface area contributed by atoms with Crippen molar-refractivity contribution in [1.82, 2.24) is 0 Å². The van der Waals surface area contributed by atoms with Gasteiger partial charge in [0.2, 0.25) is 0 Å². The highest BCUT2D eigenvalue weighted by molar-refractivity contribution is 7.47. The number of phosphoric ester groups is 5. The normalized spacial score (nSPS) is 36.5. The van der Waals surface area contributed by atoms with Crippen molar-refractivity contribution in [2.45, 2.75) is 35.0 Å². The smallest absolute Gasteiger partial charge is 0.382 e. The highest BCUT2D eigenvalue weighted by Gasteiger charge is 2.94. The highest BCUT2D eigenvalue weighted by Crippen LogP contribution is 2.69. The second-order valence-electron chi connectivity index (χ2n) is 7.24. The lowest BCUT2D eigenvalue weighted by Gasteiger charge is -2.64. The van der Waals surface area contributed by atoms with Crippen LogP contribution in [0.15, 0.2) is 0 Å². The van der Waals surface area contributed by atoms with Gasteiger partial charge < -0.3 is 84.9 Å². The summed E-state index contributed by atoms with van der Waals surface area (Å²) in [5.41, 5.74) is 5.06. The first kappa shape index (κ1) is 38.3. The molecule has 1 rings (SSSR count). The van der Waals surface area contributed by atoms with Crippen LogP contribution in [0.4, 0.5) is 0 Å². The molecule has 240 valence electrons. The van der Waals surface area contributed by atoms with E-state index in [1.807, 2.05) is 0 Å². The van der Waals surface area contributed by atoms with Gasteiger partial charge in [0.25, 0.3) is 28.9 Å². The zero-order chi connectivity index (χ0) is 32.2. The molecule has 1 fully saturated rings. The fourth-order valence-electron chi connectivity index (χ4n) is 3.22.